The van der Waals surface area contributed by atoms with Crippen molar-refractivity contribution in [3.05, 3.63) is 70.7 Å². The zero-order valence-corrected chi connectivity index (χ0v) is 19.9. The number of nitrogens with one attached hydrogen (secondary N) is 1. The number of carbonyl (C=O) groups is 2. The first kappa shape index (κ1) is 26.2. The number of hydrogen-bond donors (Lipinski definition) is 3. The van der Waals surface area contributed by atoms with E-state index >= 15 is 0 Å². The second kappa shape index (κ2) is 12.3. The SMILES string of the molecule is CCCCOC(=O)[C@H](N)C[C@@H](Cc1ccc(-c2cc(Cl)ccc2F)cc1)NC(=O)c1cc(O)no1. The van der Waals surface area contributed by atoms with Gasteiger partial charge in [-0.25, -0.2) is 4.39 Å². The van der Waals surface area contributed by atoms with Crippen molar-refractivity contribution < 1.29 is 28.3 Å². The first-order valence-electron chi connectivity index (χ1n) is 11.2. The van der Waals surface area contributed by atoms with Crippen molar-refractivity contribution >= 4 is 23.5 Å². The van der Waals surface area contributed by atoms with Gasteiger partial charge < -0.3 is 25.4 Å². The van der Waals surface area contributed by atoms with Gasteiger partial charge in [-0.3, -0.25) is 9.59 Å². The molecule has 0 aliphatic heterocycles. The molecule has 4 N–H and O–H groups in total. The summed E-state index contributed by atoms with van der Waals surface area (Å²) in [6, 6.07) is 11.0. The molecule has 10 heteroatoms. The third kappa shape index (κ3) is 7.53. The molecular weight excluding hydrogens is 477 g/mol. The van der Waals surface area contributed by atoms with Crippen LogP contribution in [0.5, 0.6) is 5.88 Å². The zero-order chi connectivity index (χ0) is 25.4. The number of hydrogen-bond acceptors (Lipinski definition) is 7. The quantitative estimate of drug-likeness (QED) is 0.264. The molecule has 186 valence electrons. The standard InChI is InChI=1S/C25H27ClFN3O5/c1-2-3-10-34-25(33)21(28)13-18(29-24(32)22-14-23(31)30-35-22)11-15-4-6-16(7-5-15)19-12-17(26)8-9-20(19)27/h4-9,12,14,18,21H,2-3,10-11,13,28H2,1H3,(H,29,32)(H,30,31)/t18-,21-/m1/s1. The van der Waals surface area contributed by atoms with Crippen molar-refractivity contribution in [3.8, 4) is 17.0 Å². The van der Waals surface area contributed by atoms with Crippen molar-refractivity contribution in [1.29, 1.82) is 0 Å². The molecule has 0 radical (unpaired) electrons. The predicted octanol–water partition coefficient (Wildman–Crippen LogP) is 4.24. The first-order chi connectivity index (χ1) is 16.8. The lowest BCUT2D eigenvalue weighted by molar-refractivity contribution is -0.145. The lowest BCUT2D eigenvalue weighted by Crippen LogP contribution is -2.44. The highest BCUT2D eigenvalue weighted by atomic mass is 35.5. The largest absolute Gasteiger partial charge is 0.491 e. The lowest BCUT2D eigenvalue weighted by atomic mass is 9.97. The number of carbonyl (C=O) groups excluding carboxylic acids is 2. The Bertz CT molecular complexity index is 1150. The number of nitrogens with two attached hydrogens (primary N) is 1. The fourth-order valence-corrected chi connectivity index (χ4v) is 3.65. The van der Waals surface area contributed by atoms with E-state index in [-0.39, 0.29) is 18.8 Å². The van der Waals surface area contributed by atoms with Gasteiger partial charge in [-0.15, -0.1) is 0 Å². The van der Waals surface area contributed by atoms with E-state index < -0.39 is 35.7 Å². The minimum atomic E-state index is -0.958. The monoisotopic (exact) mass is 503 g/mol. The maximum atomic E-state index is 14.2. The van der Waals surface area contributed by atoms with Gasteiger partial charge in [0.05, 0.1) is 12.7 Å². The van der Waals surface area contributed by atoms with E-state index in [9.17, 15) is 19.1 Å². The molecular formula is C25H27ClFN3O5. The molecule has 0 saturated carbocycles. The molecule has 0 fully saturated rings. The number of esters is 1. The molecule has 0 aliphatic carbocycles. The van der Waals surface area contributed by atoms with E-state index in [4.69, 9.17) is 26.6 Å². The van der Waals surface area contributed by atoms with Crippen LogP contribution in [0.1, 0.15) is 42.3 Å². The van der Waals surface area contributed by atoms with Crippen molar-refractivity contribution in [1.82, 2.24) is 10.5 Å². The van der Waals surface area contributed by atoms with Gasteiger partial charge in [0.2, 0.25) is 5.76 Å². The molecule has 2 atom stereocenters. The molecule has 2 aromatic carbocycles. The van der Waals surface area contributed by atoms with Crippen molar-refractivity contribution in [2.75, 3.05) is 6.61 Å². The van der Waals surface area contributed by atoms with E-state index in [1.54, 1.807) is 30.3 Å². The summed E-state index contributed by atoms with van der Waals surface area (Å²) in [6.07, 6.45) is 2.02. The van der Waals surface area contributed by atoms with Crippen LogP contribution in [0, 0.1) is 5.82 Å². The minimum absolute atomic E-state index is 0.0987. The summed E-state index contributed by atoms with van der Waals surface area (Å²) < 4.78 is 24.2. The van der Waals surface area contributed by atoms with Crippen LogP contribution in [0.4, 0.5) is 4.39 Å². The highest BCUT2D eigenvalue weighted by Crippen LogP contribution is 2.26. The number of amides is 1. The Kier molecular flexibility index (Phi) is 9.22. The van der Waals surface area contributed by atoms with E-state index in [2.05, 4.69) is 10.5 Å². The van der Waals surface area contributed by atoms with Gasteiger partial charge in [0.15, 0.2) is 0 Å². The predicted molar refractivity (Wildman–Crippen MR) is 128 cm³/mol. The topological polar surface area (TPSA) is 128 Å². The third-order valence-corrected chi connectivity index (χ3v) is 5.55. The van der Waals surface area contributed by atoms with Gasteiger partial charge in [0, 0.05) is 16.6 Å². The highest BCUT2D eigenvalue weighted by Gasteiger charge is 2.24. The molecule has 3 rings (SSSR count). The average Bonchev–Trinajstić information content (AvgIpc) is 3.27. The summed E-state index contributed by atoms with van der Waals surface area (Å²) in [5.41, 5.74) is 7.87. The van der Waals surface area contributed by atoms with Gasteiger partial charge >= 0.3 is 5.97 Å². The summed E-state index contributed by atoms with van der Waals surface area (Å²) in [5, 5.41) is 15.8. The molecule has 35 heavy (non-hydrogen) atoms. The van der Waals surface area contributed by atoms with Gasteiger partial charge in [-0.1, -0.05) is 49.2 Å². The number of rotatable bonds is 11. The fourth-order valence-electron chi connectivity index (χ4n) is 3.47. The van der Waals surface area contributed by atoms with Crippen LogP contribution in [-0.2, 0) is 16.0 Å². The smallest absolute Gasteiger partial charge is 0.322 e. The summed E-state index contributed by atoms with van der Waals surface area (Å²) in [7, 11) is 0. The van der Waals surface area contributed by atoms with Crippen molar-refractivity contribution in [2.45, 2.75) is 44.7 Å². The number of aromatic hydroxyl groups is 1. The Labute approximate surface area is 207 Å². The van der Waals surface area contributed by atoms with E-state index in [0.717, 1.165) is 24.5 Å². The van der Waals surface area contributed by atoms with Gasteiger partial charge in [0.1, 0.15) is 11.9 Å². The number of ether oxygens (including phenoxy) is 1. The second-order valence-electron chi connectivity index (χ2n) is 8.11. The average molecular weight is 504 g/mol. The minimum Gasteiger partial charge on any atom is -0.491 e. The fraction of sp³-hybridized carbons (Fsp3) is 0.320. The number of unbranched alkanes of at least 4 members (excludes halogenated alkanes) is 1. The Morgan fingerprint density at radius 1 is 1.23 bits per heavy atom. The summed E-state index contributed by atoms with van der Waals surface area (Å²) >= 11 is 6.00. The van der Waals surface area contributed by atoms with Crippen molar-refractivity contribution in [2.24, 2.45) is 5.73 Å². The summed E-state index contributed by atoms with van der Waals surface area (Å²) in [6.45, 7) is 2.26. The molecule has 0 spiro atoms. The highest BCUT2D eigenvalue weighted by molar-refractivity contribution is 6.30. The van der Waals surface area contributed by atoms with Crippen LogP contribution >= 0.6 is 11.6 Å². The maximum Gasteiger partial charge on any atom is 0.322 e. The van der Waals surface area contributed by atoms with Gasteiger partial charge in [0.25, 0.3) is 11.8 Å². The molecule has 8 nitrogen and oxygen atoms in total. The van der Waals surface area contributed by atoms with Crippen LogP contribution in [0.3, 0.4) is 0 Å². The third-order valence-electron chi connectivity index (χ3n) is 5.32. The number of halogens is 2. The van der Waals surface area contributed by atoms with Crippen LogP contribution in [0.15, 0.2) is 53.1 Å². The Morgan fingerprint density at radius 3 is 2.63 bits per heavy atom. The van der Waals surface area contributed by atoms with Gasteiger partial charge in [-0.05, 0) is 53.7 Å². The molecule has 1 heterocycles. The first-order valence-corrected chi connectivity index (χ1v) is 11.6. The second-order valence-corrected chi connectivity index (χ2v) is 8.54. The lowest BCUT2D eigenvalue weighted by Gasteiger charge is -2.21. The van der Waals surface area contributed by atoms with Crippen molar-refractivity contribution in [3.63, 3.8) is 0 Å². The molecule has 3 aromatic rings. The van der Waals surface area contributed by atoms with Gasteiger partial charge in [-0.2, -0.15) is 0 Å². The van der Waals surface area contributed by atoms with Crippen LogP contribution in [0.25, 0.3) is 11.1 Å². The molecule has 0 unspecified atom stereocenters. The number of aromatic nitrogens is 1. The Balaban J connectivity index is 1.74. The Hall–Kier alpha value is -3.43. The van der Waals surface area contributed by atoms with Crippen LogP contribution in [0.2, 0.25) is 5.02 Å². The number of nitrogens with zero attached hydrogens (tertiary/aromatic N) is 1. The molecule has 0 aliphatic rings. The molecule has 0 bridgehead atoms. The maximum absolute atomic E-state index is 14.2. The van der Waals surface area contributed by atoms with E-state index in [1.165, 1.54) is 12.1 Å². The normalized spacial score (nSPS) is 12.7. The molecule has 0 saturated heterocycles. The van der Waals surface area contributed by atoms with E-state index in [0.29, 0.717) is 22.6 Å². The van der Waals surface area contributed by atoms with E-state index in [1.807, 2.05) is 6.92 Å². The number of benzene rings is 2. The summed E-state index contributed by atoms with van der Waals surface area (Å²) in [4.78, 5) is 24.8. The molecule has 1 aromatic heterocycles. The molecule has 1 amide bonds. The van der Waals surface area contributed by atoms with Crippen LogP contribution < -0.4 is 11.1 Å². The van der Waals surface area contributed by atoms with Crippen LogP contribution in [-0.4, -0.2) is 40.8 Å². The Morgan fingerprint density at radius 2 is 1.97 bits per heavy atom. The zero-order valence-electron chi connectivity index (χ0n) is 19.2. The summed E-state index contributed by atoms with van der Waals surface area (Å²) in [5.74, 6) is -2.17.